The van der Waals surface area contributed by atoms with E-state index in [1.807, 2.05) is 17.0 Å². The van der Waals surface area contributed by atoms with Crippen LogP contribution in [-0.2, 0) is 16.1 Å². The molecule has 0 spiro atoms. The first-order valence-corrected chi connectivity index (χ1v) is 11.2. The number of amides is 4. The normalized spacial score (nSPS) is 26.1. The lowest BCUT2D eigenvalue weighted by Gasteiger charge is -2.40. The van der Waals surface area contributed by atoms with Crippen molar-refractivity contribution in [1.82, 2.24) is 30.1 Å². The molecule has 1 aromatic heterocycles. The molecule has 1 aliphatic carbocycles. The summed E-state index contributed by atoms with van der Waals surface area (Å²) in [5.74, 6) is -0.736. The minimum absolute atomic E-state index is 0.114. The second kappa shape index (κ2) is 7.36. The first kappa shape index (κ1) is 19.8. The van der Waals surface area contributed by atoms with Crippen LogP contribution in [0.5, 0.6) is 0 Å². The van der Waals surface area contributed by atoms with Crippen molar-refractivity contribution in [2.24, 2.45) is 5.92 Å². The number of nitrogens with one attached hydrogen (secondary N) is 1. The molecular weight excluding hydrogens is 424 g/mol. The van der Waals surface area contributed by atoms with Crippen LogP contribution in [0.15, 0.2) is 36.5 Å². The van der Waals surface area contributed by atoms with Crippen molar-refractivity contribution in [3.05, 3.63) is 53.4 Å². The fraction of sp³-hybridized carbons (Fsp3) is 0.391. The van der Waals surface area contributed by atoms with Gasteiger partial charge in [0, 0.05) is 25.1 Å². The molecule has 168 valence electrons. The van der Waals surface area contributed by atoms with Gasteiger partial charge >= 0.3 is 0 Å². The number of imide groups is 1. The van der Waals surface area contributed by atoms with Gasteiger partial charge in [0.05, 0.1) is 17.9 Å². The number of hydrogen-bond acceptors (Lipinski definition) is 6. The Morgan fingerprint density at radius 3 is 2.70 bits per heavy atom. The molecule has 5 heterocycles. The number of benzene rings is 1. The highest BCUT2D eigenvalue weighted by Gasteiger charge is 2.39. The molecule has 2 aromatic rings. The van der Waals surface area contributed by atoms with Crippen molar-refractivity contribution >= 4 is 23.6 Å². The highest BCUT2D eigenvalue weighted by atomic mass is 16.2. The smallest absolute Gasteiger partial charge is 0.276 e. The maximum atomic E-state index is 13.0. The third-order valence-electron chi connectivity index (χ3n) is 7.02. The molecule has 2 bridgehead atoms. The molecule has 4 aliphatic heterocycles. The van der Waals surface area contributed by atoms with Gasteiger partial charge < -0.3 is 9.80 Å². The van der Waals surface area contributed by atoms with E-state index in [4.69, 9.17) is 0 Å². The topological polar surface area (TPSA) is 118 Å². The molecule has 10 nitrogen and oxygen atoms in total. The molecule has 0 radical (unpaired) electrons. The van der Waals surface area contributed by atoms with Crippen LogP contribution >= 0.6 is 0 Å². The molecule has 2 saturated heterocycles. The van der Waals surface area contributed by atoms with E-state index in [0.717, 1.165) is 18.4 Å². The first-order chi connectivity index (χ1) is 16.0. The molecule has 1 N–H and O–H groups in total. The number of hydrogen-bond donors (Lipinski definition) is 1. The Morgan fingerprint density at radius 2 is 1.97 bits per heavy atom. The number of piperidine rings is 2. The van der Waals surface area contributed by atoms with Crippen LogP contribution in [-0.4, -0.2) is 67.1 Å². The van der Waals surface area contributed by atoms with Crippen LogP contribution in [0.2, 0.25) is 0 Å². The second-order valence-electron chi connectivity index (χ2n) is 9.04. The van der Waals surface area contributed by atoms with Gasteiger partial charge in [0.1, 0.15) is 6.04 Å². The minimum Gasteiger partial charge on any atom is -0.330 e. The average Bonchev–Trinajstić information content (AvgIpc) is 3.45. The number of rotatable bonds is 3. The maximum absolute atomic E-state index is 13.0. The molecule has 7 rings (SSSR count). The van der Waals surface area contributed by atoms with Crippen LogP contribution < -0.4 is 5.32 Å². The highest BCUT2D eigenvalue weighted by Crippen LogP contribution is 2.31. The Hall–Kier alpha value is -3.82. The van der Waals surface area contributed by atoms with E-state index in [1.165, 1.54) is 9.58 Å². The summed E-state index contributed by atoms with van der Waals surface area (Å²) in [7, 11) is 0. The molecule has 2 fully saturated rings. The van der Waals surface area contributed by atoms with Crippen molar-refractivity contribution in [3.63, 3.8) is 0 Å². The van der Waals surface area contributed by atoms with E-state index >= 15 is 0 Å². The van der Waals surface area contributed by atoms with E-state index < -0.39 is 11.9 Å². The van der Waals surface area contributed by atoms with E-state index in [-0.39, 0.29) is 35.9 Å². The van der Waals surface area contributed by atoms with Gasteiger partial charge in [-0.25, -0.2) is 4.68 Å². The fourth-order valence-electron chi connectivity index (χ4n) is 5.22. The third-order valence-corrected chi connectivity index (χ3v) is 7.02. The fourth-order valence-corrected chi connectivity index (χ4v) is 5.22. The summed E-state index contributed by atoms with van der Waals surface area (Å²) in [5.41, 5.74) is 2.17. The zero-order valence-electron chi connectivity index (χ0n) is 17.8. The Labute approximate surface area is 189 Å². The number of aromatic nitrogens is 3. The predicted octanol–water partition coefficient (Wildman–Crippen LogP) is 0.819. The van der Waals surface area contributed by atoms with Gasteiger partial charge in [-0.3, -0.25) is 24.5 Å². The SMILES string of the molecule is O=C1CCC(N2Cc3ccc(-n4cc(C(=O)N5CC6C=CC5CC6)nn4)cc3C2=O)C(=O)N1. The lowest BCUT2D eigenvalue weighted by atomic mass is 9.86. The first-order valence-electron chi connectivity index (χ1n) is 11.2. The summed E-state index contributed by atoms with van der Waals surface area (Å²) >= 11 is 0. The Morgan fingerprint density at radius 1 is 1.09 bits per heavy atom. The quantitative estimate of drug-likeness (QED) is 0.551. The van der Waals surface area contributed by atoms with Crippen molar-refractivity contribution in [2.75, 3.05) is 6.54 Å². The van der Waals surface area contributed by atoms with Crippen LogP contribution in [0.3, 0.4) is 0 Å². The van der Waals surface area contributed by atoms with Crippen molar-refractivity contribution in [1.29, 1.82) is 0 Å². The van der Waals surface area contributed by atoms with Gasteiger partial charge in [-0.15, -0.1) is 5.10 Å². The number of fused-ring (bicyclic) bond motifs is 3. The van der Waals surface area contributed by atoms with Crippen LogP contribution in [0, 0.1) is 5.92 Å². The molecule has 0 saturated carbocycles. The van der Waals surface area contributed by atoms with Crippen LogP contribution in [0.25, 0.3) is 5.69 Å². The number of carbonyl (C=O) groups is 4. The predicted molar refractivity (Wildman–Crippen MR) is 114 cm³/mol. The average molecular weight is 446 g/mol. The molecular formula is C23H22N6O4. The molecule has 3 atom stereocenters. The third kappa shape index (κ3) is 3.24. The zero-order chi connectivity index (χ0) is 22.7. The standard InChI is InChI=1S/C23H22N6O4/c30-20-8-7-19(21(31)24-20)28-11-14-3-6-16(9-17(14)22(28)32)29-12-18(25-26-29)23(33)27-10-13-1-4-15(27)5-2-13/h1,3-4,6,9,12-13,15,19H,2,5,7-8,10-11H2,(H,24,30,31). The summed E-state index contributed by atoms with van der Waals surface area (Å²) < 4.78 is 1.49. The van der Waals surface area contributed by atoms with E-state index in [9.17, 15) is 19.2 Å². The summed E-state index contributed by atoms with van der Waals surface area (Å²) in [5, 5.41) is 10.5. The zero-order valence-corrected chi connectivity index (χ0v) is 17.8. The van der Waals surface area contributed by atoms with E-state index in [1.54, 1.807) is 12.3 Å². The molecule has 1 aromatic carbocycles. The Balaban J connectivity index is 1.22. The second-order valence-corrected chi connectivity index (χ2v) is 9.04. The Bertz CT molecular complexity index is 1230. The van der Waals surface area contributed by atoms with Crippen LogP contribution in [0.1, 0.15) is 52.1 Å². The lowest BCUT2D eigenvalue weighted by Crippen LogP contribution is -2.52. The van der Waals surface area contributed by atoms with Crippen molar-refractivity contribution in [2.45, 2.75) is 44.3 Å². The lowest BCUT2D eigenvalue weighted by molar-refractivity contribution is -0.136. The van der Waals surface area contributed by atoms with Gasteiger partial charge in [-0.05, 0) is 42.9 Å². The minimum atomic E-state index is -0.657. The largest absolute Gasteiger partial charge is 0.330 e. The molecule has 5 aliphatic rings. The Kier molecular flexibility index (Phi) is 4.42. The number of nitrogens with zero attached hydrogens (tertiary/aromatic N) is 5. The van der Waals surface area contributed by atoms with Gasteiger partial charge in [-0.1, -0.05) is 23.4 Å². The monoisotopic (exact) mass is 446 g/mol. The van der Waals surface area contributed by atoms with Crippen molar-refractivity contribution < 1.29 is 19.2 Å². The molecule has 10 heteroatoms. The molecule has 33 heavy (non-hydrogen) atoms. The van der Waals surface area contributed by atoms with Gasteiger partial charge in [0.15, 0.2) is 5.69 Å². The molecule has 4 amide bonds. The van der Waals surface area contributed by atoms with E-state index in [0.29, 0.717) is 36.7 Å². The van der Waals surface area contributed by atoms with E-state index in [2.05, 4.69) is 27.8 Å². The summed E-state index contributed by atoms with van der Waals surface area (Å²) in [6, 6.07) is 4.80. The van der Waals surface area contributed by atoms with Gasteiger partial charge in [0.2, 0.25) is 11.8 Å². The summed E-state index contributed by atoms with van der Waals surface area (Å²) in [6.45, 7) is 1.02. The summed E-state index contributed by atoms with van der Waals surface area (Å²) in [4.78, 5) is 53.1. The van der Waals surface area contributed by atoms with Gasteiger partial charge in [0.25, 0.3) is 11.8 Å². The maximum Gasteiger partial charge on any atom is 0.276 e. The molecule has 3 unspecified atom stereocenters. The number of carbonyl (C=O) groups excluding carboxylic acids is 4. The van der Waals surface area contributed by atoms with Crippen LogP contribution in [0.4, 0.5) is 0 Å². The van der Waals surface area contributed by atoms with Gasteiger partial charge in [-0.2, -0.15) is 0 Å². The van der Waals surface area contributed by atoms with Crippen molar-refractivity contribution in [3.8, 4) is 5.69 Å². The highest BCUT2D eigenvalue weighted by molar-refractivity contribution is 6.05. The summed E-state index contributed by atoms with van der Waals surface area (Å²) in [6.07, 6.45) is 8.49.